The number of alkyl carbamates (subject to hydrolysis) is 2. The van der Waals surface area contributed by atoms with Crippen molar-refractivity contribution in [2.24, 2.45) is 22.7 Å². The monoisotopic (exact) mass is 691 g/mol. The Labute approximate surface area is 288 Å². The molecule has 2 atom stereocenters. The summed E-state index contributed by atoms with van der Waals surface area (Å²) in [6.07, 6.45) is 9.49. The number of guanidine groups is 1. The third-order valence-corrected chi connectivity index (χ3v) is 9.75. The number of nitrogens with one attached hydrogen (secondary N) is 3. The third-order valence-electron chi connectivity index (χ3n) is 9.75. The number of likely N-dealkylation sites (tertiary alicyclic amines) is 1. The van der Waals surface area contributed by atoms with Gasteiger partial charge >= 0.3 is 24.3 Å². The van der Waals surface area contributed by atoms with Gasteiger partial charge in [0.15, 0.2) is 0 Å². The van der Waals surface area contributed by atoms with E-state index < -0.39 is 48.1 Å². The van der Waals surface area contributed by atoms with Crippen molar-refractivity contribution in [1.82, 2.24) is 30.7 Å². The lowest BCUT2D eigenvalue weighted by Crippen LogP contribution is -2.70. The lowest BCUT2D eigenvalue weighted by molar-refractivity contribution is -0.158. The molecular formula is C33H53N7O9. The average molecular weight is 692 g/mol. The number of carbonyl (C=O) groups is 6. The number of urea groups is 1. The lowest BCUT2D eigenvalue weighted by Gasteiger charge is -2.47. The summed E-state index contributed by atoms with van der Waals surface area (Å²) in [7, 11) is 1.44. The molecule has 0 aromatic heterocycles. The van der Waals surface area contributed by atoms with Gasteiger partial charge in [-0.25, -0.2) is 19.2 Å². The van der Waals surface area contributed by atoms with Gasteiger partial charge in [0, 0.05) is 39.8 Å². The van der Waals surface area contributed by atoms with Crippen LogP contribution in [0.15, 0.2) is 4.99 Å². The van der Waals surface area contributed by atoms with Crippen LogP contribution in [0.25, 0.3) is 0 Å². The van der Waals surface area contributed by atoms with Gasteiger partial charge in [-0.05, 0) is 57.3 Å². The molecule has 2 saturated heterocycles. The van der Waals surface area contributed by atoms with Gasteiger partial charge in [0.25, 0.3) is 0 Å². The first-order valence-electron chi connectivity index (χ1n) is 17.9. The second kappa shape index (κ2) is 19.2. The van der Waals surface area contributed by atoms with E-state index in [1.165, 1.54) is 29.7 Å². The summed E-state index contributed by atoms with van der Waals surface area (Å²) in [5.41, 5.74) is 0. The summed E-state index contributed by atoms with van der Waals surface area (Å²) in [5, 5.41) is 7.57. The molecule has 2 saturated carbocycles. The maximum absolute atomic E-state index is 13.3. The highest BCUT2D eigenvalue weighted by Crippen LogP contribution is 2.32. The average Bonchev–Trinajstić information content (AvgIpc) is 3.12. The molecule has 16 nitrogen and oxygen atoms in total. The molecule has 49 heavy (non-hydrogen) atoms. The smallest absolute Gasteiger partial charge is 0.413 e. The minimum atomic E-state index is -0.989. The van der Waals surface area contributed by atoms with Crippen molar-refractivity contribution in [3.8, 4) is 0 Å². The van der Waals surface area contributed by atoms with Crippen LogP contribution in [0.4, 0.5) is 19.2 Å². The van der Waals surface area contributed by atoms with E-state index in [0.29, 0.717) is 18.3 Å². The minimum absolute atomic E-state index is 0.106. The number of piperazine rings is 1. The SMILES string of the molecule is CCOC(=O)N1CCN(C(=O)N2C(=O)[C@H](CCCN=C(NC(=O)OCC3CCCCC3)NC(=O)OCC3CCCCC3)C2C(=O)NC)CC1. The quantitative estimate of drug-likeness (QED) is 0.102. The number of hydrogen-bond acceptors (Lipinski definition) is 10. The Kier molecular flexibility index (Phi) is 14.8. The number of ether oxygens (including phenoxy) is 3. The fourth-order valence-corrected chi connectivity index (χ4v) is 6.91. The molecule has 4 fully saturated rings. The summed E-state index contributed by atoms with van der Waals surface area (Å²) in [6, 6.07) is -1.57. The molecule has 4 rings (SSSR count). The van der Waals surface area contributed by atoms with Crippen LogP contribution in [0.2, 0.25) is 0 Å². The first-order chi connectivity index (χ1) is 23.7. The number of aliphatic imine (C=N–C) groups is 1. The van der Waals surface area contributed by atoms with Crippen LogP contribution in [0.3, 0.4) is 0 Å². The summed E-state index contributed by atoms with van der Waals surface area (Å²) in [4.78, 5) is 84.8. The Morgan fingerprint density at radius 2 is 1.31 bits per heavy atom. The van der Waals surface area contributed by atoms with E-state index in [1.54, 1.807) is 6.92 Å². The molecule has 2 heterocycles. The van der Waals surface area contributed by atoms with Crippen molar-refractivity contribution in [3.05, 3.63) is 0 Å². The van der Waals surface area contributed by atoms with Crippen LogP contribution in [0.5, 0.6) is 0 Å². The Bertz CT molecular complexity index is 1160. The number of hydrogen-bond donors (Lipinski definition) is 3. The van der Waals surface area contributed by atoms with Gasteiger partial charge in [-0.15, -0.1) is 0 Å². The maximum Gasteiger partial charge on any atom is 0.413 e. The highest BCUT2D eigenvalue weighted by molar-refractivity contribution is 6.09. The Morgan fingerprint density at radius 1 is 0.776 bits per heavy atom. The molecule has 2 aliphatic carbocycles. The van der Waals surface area contributed by atoms with E-state index in [0.717, 1.165) is 56.3 Å². The highest BCUT2D eigenvalue weighted by atomic mass is 16.6. The predicted molar refractivity (Wildman–Crippen MR) is 177 cm³/mol. The molecule has 7 amide bonds. The molecule has 2 aliphatic heterocycles. The lowest BCUT2D eigenvalue weighted by atomic mass is 9.83. The Balaban J connectivity index is 1.30. The molecule has 16 heteroatoms. The van der Waals surface area contributed by atoms with E-state index >= 15 is 0 Å². The third kappa shape index (κ3) is 10.9. The number of rotatable bonds is 10. The summed E-state index contributed by atoms with van der Waals surface area (Å²) in [6.45, 7) is 3.55. The zero-order chi connectivity index (χ0) is 35.2. The minimum Gasteiger partial charge on any atom is -0.450 e. The van der Waals surface area contributed by atoms with Crippen LogP contribution >= 0.6 is 0 Å². The molecule has 0 aromatic rings. The zero-order valence-electron chi connectivity index (χ0n) is 28.9. The number of nitrogens with zero attached hydrogens (tertiary/aromatic N) is 4. The van der Waals surface area contributed by atoms with Crippen molar-refractivity contribution in [2.45, 2.75) is 90.0 Å². The predicted octanol–water partition coefficient (Wildman–Crippen LogP) is 3.20. The molecular weight excluding hydrogens is 638 g/mol. The van der Waals surface area contributed by atoms with Crippen LogP contribution < -0.4 is 16.0 Å². The molecule has 0 aromatic carbocycles. The van der Waals surface area contributed by atoms with Crippen molar-refractivity contribution in [2.75, 3.05) is 59.6 Å². The molecule has 274 valence electrons. The van der Waals surface area contributed by atoms with Crippen LogP contribution in [-0.2, 0) is 23.8 Å². The zero-order valence-corrected chi connectivity index (χ0v) is 28.9. The van der Waals surface area contributed by atoms with E-state index in [2.05, 4.69) is 20.9 Å². The summed E-state index contributed by atoms with van der Waals surface area (Å²) >= 11 is 0. The summed E-state index contributed by atoms with van der Waals surface area (Å²) < 4.78 is 15.9. The number of likely N-dealkylation sites (N-methyl/N-ethyl adjacent to an activating group) is 1. The Hall–Kier alpha value is -4.11. The van der Waals surface area contributed by atoms with E-state index in [9.17, 15) is 28.8 Å². The number of carbonyl (C=O) groups excluding carboxylic acids is 6. The van der Waals surface area contributed by atoms with Crippen molar-refractivity contribution in [1.29, 1.82) is 0 Å². The van der Waals surface area contributed by atoms with E-state index in [-0.39, 0.29) is 64.9 Å². The van der Waals surface area contributed by atoms with Gasteiger partial charge in [0.1, 0.15) is 6.04 Å². The van der Waals surface area contributed by atoms with Crippen molar-refractivity contribution in [3.63, 3.8) is 0 Å². The van der Waals surface area contributed by atoms with Gasteiger partial charge in [-0.1, -0.05) is 38.5 Å². The first-order valence-corrected chi connectivity index (χ1v) is 17.9. The number of amides is 7. The Morgan fingerprint density at radius 3 is 1.82 bits per heavy atom. The van der Waals surface area contributed by atoms with Gasteiger partial charge in [-0.3, -0.25) is 30.1 Å². The fourth-order valence-electron chi connectivity index (χ4n) is 6.91. The van der Waals surface area contributed by atoms with Gasteiger partial charge in [-0.2, -0.15) is 0 Å². The first kappa shape index (κ1) is 37.7. The van der Waals surface area contributed by atoms with Gasteiger partial charge < -0.3 is 29.3 Å². The second-order valence-corrected chi connectivity index (χ2v) is 13.2. The van der Waals surface area contributed by atoms with Crippen LogP contribution in [0, 0.1) is 17.8 Å². The molecule has 4 aliphatic rings. The molecule has 0 spiro atoms. The fraction of sp³-hybridized carbons (Fsp3) is 0.788. The van der Waals surface area contributed by atoms with E-state index in [4.69, 9.17) is 14.2 Å². The highest BCUT2D eigenvalue weighted by Gasteiger charge is 2.54. The van der Waals surface area contributed by atoms with Crippen molar-refractivity contribution < 1.29 is 43.0 Å². The number of β-lactam (4-membered cyclic amide) rings is 1. The molecule has 3 N–H and O–H groups in total. The molecule has 0 radical (unpaired) electrons. The largest absolute Gasteiger partial charge is 0.450 e. The normalized spacial score (nSPS) is 21.6. The maximum atomic E-state index is 13.3. The van der Waals surface area contributed by atoms with Gasteiger partial charge in [0.2, 0.25) is 17.8 Å². The number of imide groups is 1. The second-order valence-electron chi connectivity index (χ2n) is 13.2. The summed E-state index contributed by atoms with van der Waals surface area (Å²) in [5.74, 6) is -1.18. The van der Waals surface area contributed by atoms with Crippen molar-refractivity contribution >= 4 is 42.1 Å². The molecule has 0 bridgehead atoms. The standard InChI is InChI=1S/C33H53N7O9/c1-3-47-33(46)39-19-17-38(18-20-39)32(45)40-26(27(41)34-2)25(28(40)42)15-10-16-35-29(36-30(43)48-21-23-11-6-4-7-12-23)37-31(44)49-22-24-13-8-5-9-14-24/h23-26H,3-22H2,1-2H3,(H,34,41)(H2,35,36,37,43,44)/t25-,26?/m1/s1. The van der Waals surface area contributed by atoms with Crippen LogP contribution in [-0.4, -0.2) is 122 Å². The van der Waals surface area contributed by atoms with Crippen LogP contribution in [0.1, 0.15) is 84.0 Å². The van der Waals surface area contributed by atoms with E-state index in [1.807, 2.05) is 0 Å². The molecule has 1 unspecified atom stereocenters. The van der Waals surface area contributed by atoms with Gasteiger partial charge in [0.05, 0.1) is 25.7 Å². The topological polar surface area (TPSA) is 188 Å².